The van der Waals surface area contributed by atoms with E-state index in [9.17, 15) is 9.90 Å². The quantitative estimate of drug-likeness (QED) is 0.781. The van der Waals surface area contributed by atoms with Gasteiger partial charge in [-0.25, -0.2) is 9.97 Å². The Bertz CT molecular complexity index is 934. The van der Waals surface area contributed by atoms with Crippen LogP contribution in [0.4, 0.5) is 5.82 Å². The van der Waals surface area contributed by atoms with Crippen molar-refractivity contribution in [3.05, 3.63) is 52.2 Å². The molecule has 0 bridgehead atoms. The molecule has 0 aliphatic heterocycles. The zero-order valence-corrected chi connectivity index (χ0v) is 14.7. The van der Waals surface area contributed by atoms with Crippen LogP contribution in [0.2, 0.25) is 0 Å². The summed E-state index contributed by atoms with van der Waals surface area (Å²) in [6.45, 7) is 2.88. The fourth-order valence-corrected chi connectivity index (χ4v) is 4.70. The summed E-state index contributed by atoms with van der Waals surface area (Å²) < 4.78 is 0. The van der Waals surface area contributed by atoms with Crippen molar-refractivity contribution < 1.29 is 9.90 Å². The molecule has 0 spiro atoms. The Balaban J connectivity index is 1.60. The SMILES string of the molecule is CC1CCc2c(sc3ncnc(NCc4ccc(C(=O)[O-])cc4)c23)C1. The first kappa shape index (κ1) is 16.0. The fourth-order valence-electron chi connectivity index (χ4n) is 3.35. The number of thiophene rings is 1. The van der Waals surface area contributed by atoms with E-state index in [4.69, 9.17) is 0 Å². The monoisotopic (exact) mass is 352 g/mol. The number of fused-ring (bicyclic) bond motifs is 3. The highest BCUT2D eigenvalue weighted by molar-refractivity contribution is 7.19. The lowest BCUT2D eigenvalue weighted by Gasteiger charge is -2.18. The van der Waals surface area contributed by atoms with Crippen molar-refractivity contribution in [2.75, 3.05) is 5.32 Å². The van der Waals surface area contributed by atoms with Crippen molar-refractivity contribution in [3.8, 4) is 0 Å². The number of nitrogens with one attached hydrogen (secondary N) is 1. The highest BCUT2D eigenvalue weighted by atomic mass is 32.1. The number of carbonyl (C=O) groups excluding carboxylic acids is 1. The van der Waals surface area contributed by atoms with Gasteiger partial charge in [-0.2, -0.15) is 0 Å². The molecular weight excluding hydrogens is 334 g/mol. The molecule has 1 unspecified atom stereocenters. The van der Waals surface area contributed by atoms with Gasteiger partial charge in [0, 0.05) is 11.4 Å². The van der Waals surface area contributed by atoms with Gasteiger partial charge < -0.3 is 15.2 Å². The van der Waals surface area contributed by atoms with Crippen LogP contribution in [0.3, 0.4) is 0 Å². The topological polar surface area (TPSA) is 77.9 Å². The van der Waals surface area contributed by atoms with Gasteiger partial charge in [0.1, 0.15) is 17.0 Å². The molecule has 6 heteroatoms. The number of hydrogen-bond acceptors (Lipinski definition) is 6. The predicted molar refractivity (Wildman–Crippen MR) is 96.7 cm³/mol. The molecule has 4 rings (SSSR count). The van der Waals surface area contributed by atoms with E-state index >= 15 is 0 Å². The van der Waals surface area contributed by atoms with Crippen molar-refractivity contribution in [2.45, 2.75) is 32.7 Å². The highest BCUT2D eigenvalue weighted by Crippen LogP contribution is 2.39. The van der Waals surface area contributed by atoms with Crippen molar-refractivity contribution in [1.29, 1.82) is 0 Å². The van der Waals surface area contributed by atoms with E-state index in [1.807, 2.05) is 0 Å². The lowest BCUT2D eigenvalue weighted by atomic mass is 9.89. The number of aromatic nitrogens is 2. The van der Waals surface area contributed by atoms with E-state index in [2.05, 4.69) is 22.2 Å². The largest absolute Gasteiger partial charge is 0.545 e. The molecule has 1 aliphatic rings. The number of carboxylic acid groups (broad SMARTS) is 1. The highest BCUT2D eigenvalue weighted by Gasteiger charge is 2.22. The third-order valence-corrected chi connectivity index (χ3v) is 5.90. The van der Waals surface area contributed by atoms with Crippen molar-refractivity contribution in [2.24, 2.45) is 5.92 Å². The first-order valence-electron chi connectivity index (χ1n) is 8.41. The van der Waals surface area contributed by atoms with Crippen molar-refractivity contribution in [3.63, 3.8) is 0 Å². The summed E-state index contributed by atoms with van der Waals surface area (Å²) in [5.74, 6) is 0.435. The first-order valence-corrected chi connectivity index (χ1v) is 9.23. The normalized spacial score (nSPS) is 16.6. The Morgan fingerprint density at radius 3 is 2.88 bits per heavy atom. The molecule has 2 heterocycles. The molecule has 1 atom stereocenters. The molecule has 0 saturated carbocycles. The maximum Gasteiger partial charge on any atom is 0.138 e. The van der Waals surface area contributed by atoms with Gasteiger partial charge in [-0.1, -0.05) is 31.2 Å². The molecule has 2 aromatic heterocycles. The number of aromatic carboxylic acids is 1. The Hall–Kier alpha value is -2.47. The van der Waals surface area contributed by atoms with Gasteiger partial charge in [0.15, 0.2) is 0 Å². The van der Waals surface area contributed by atoms with Crippen LogP contribution in [0, 0.1) is 5.92 Å². The van der Waals surface area contributed by atoms with Gasteiger partial charge in [-0.3, -0.25) is 0 Å². The summed E-state index contributed by atoms with van der Waals surface area (Å²) >= 11 is 1.78. The van der Waals surface area contributed by atoms with Crippen LogP contribution in [0.1, 0.15) is 39.7 Å². The van der Waals surface area contributed by atoms with Crippen LogP contribution in [0.15, 0.2) is 30.6 Å². The van der Waals surface area contributed by atoms with E-state index in [-0.39, 0.29) is 5.56 Å². The third kappa shape index (κ3) is 3.09. The molecule has 0 amide bonds. The number of anilines is 1. The summed E-state index contributed by atoms with van der Waals surface area (Å²) in [7, 11) is 0. The number of benzene rings is 1. The minimum absolute atomic E-state index is 0.189. The maximum atomic E-state index is 10.8. The molecule has 1 N–H and O–H groups in total. The second-order valence-electron chi connectivity index (χ2n) is 6.59. The minimum atomic E-state index is -1.16. The molecular formula is C19H18N3O2S-. The summed E-state index contributed by atoms with van der Waals surface area (Å²) in [6, 6.07) is 6.72. The smallest absolute Gasteiger partial charge is 0.138 e. The van der Waals surface area contributed by atoms with Gasteiger partial charge in [0.2, 0.25) is 0 Å². The number of carbonyl (C=O) groups is 1. The van der Waals surface area contributed by atoms with Crippen molar-refractivity contribution in [1.82, 2.24) is 9.97 Å². The Morgan fingerprint density at radius 2 is 2.12 bits per heavy atom. The number of hydrogen-bond donors (Lipinski definition) is 1. The minimum Gasteiger partial charge on any atom is -0.545 e. The lowest BCUT2D eigenvalue weighted by Crippen LogP contribution is -2.22. The van der Waals surface area contributed by atoms with E-state index in [1.165, 1.54) is 16.9 Å². The van der Waals surface area contributed by atoms with Crippen LogP contribution in [0.5, 0.6) is 0 Å². The molecule has 1 aromatic carbocycles. The first-order chi connectivity index (χ1) is 12.1. The van der Waals surface area contributed by atoms with E-state index < -0.39 is 5.97 Å². The summed E-state index contributed by atoms with van der Waals surface area (Å²) in [5, 5.41) is 15.4. The third-order valence-electron chi connectivity index (χ3n) is 4.74. The zero-order valence-electron chi connectivity index (χ0n) is 13.9. The van der Waals surface area contributed by atoms with Crippen LogP contribution >= 0.6 is 11.3 Å². The second kappa shape index (κ2) is 6.44. The predicted octanol–water partition coefficient (Wildman–Crippen LogP) is 2.79. The Morgan fingerprint density at radius 1 is 1.32 bits per heavy atom. The van der Waals surface area contributed by atoms with Crippen LogP contribution in [0.25, 0.3) is 10.2 Å². The second-order valence-corrected chi connectivity index (χ2v) is 7.68. The number of rotatable bonds is 4. The molecule has 0 fully saturated rings. The number of aryl methyl sites for hydroxylation is 1. The maximum absolute atomic E-state index is 10.8. The zero-order chi connectivity index (χ0) is 17.4. The molecule has 3 aromatic rings. The van der Waals surface area contributed by atoms with Gasteiger partial charge in [0.05, 0.1) is 11.4 Å². The van der Waals surface area contributed by atoms with Crippen LogP contribution < -0.4 is 10.4 Å². The van der Waals surface area contributed by atoms with Crippen molar-refractivity contribution >= 4 is 33.3 Å². The van der Waals surface area contributed by atoms with Gasteiger partial charge in [0.25, 0.3) is 0 Å². The van der Waals surface area contributed by atoms with E-state index in [1.54, 1.807) is 41.9 Å². The molecule has 25 heavy (non-hydrogen) atoms. The molecule has 128 valence electrons. The summed E-state index contributed by atoms with van der Waals surface area (Å²) in [5.41, 5.74) is 2.58. The van der Waals surface area contributed by atoms with Gasteiger partial charge in [-0.15, -0.1) is 11.3 Å². The summed E-state index contributed by atoms with van der Waals surface area (Å²) in [4.78, 5) is 22.2. The standard InChI is InChI=1S/C19H19N3O2S/c1-11-2-7-14-15(8-11)25-18-16(14)17(21-10-22-18)20-9-12-3-5-13(6-4-12)19(23)24/h3-6,10-11H,2,7-9H2,1H3,(H,23,24)(H,20,21,22)/p-1. The average molecular weight is 352 g/mol. The van der Waals surface area contributed by atoms with E-state index in [0.29, 0.717) is 6.54 Å². The van der Waals surface area contributed by atoms with Gasteiger partial charge in [-0.05, 0) is 41.9 Å². The average Bonchev–Trinajstić information content (AvgIpc) is 2.98. The lowest BCUT2D eigenvalue weighted by molar-refractivity contribution is -0.255. The van der Waals surface area contributed by atoms with Crippen LogP contribution in [-0.4, -0.2) is 15.9 Å². The molecule has 5 nitrogen and oxygen atoms in total. The van der Waals surface area contributed by atoms with Crippen LogP contribution in [-0.2, 0) is 19.4 Å². The molecule has 1 aliphatic carbocycles. The molecule has 0 radical (unpaired) electrons. The Labute approximate surface area is 149 Å². The summed E-state index contributed by atoms with van der Waals surface area (Å²) in [6.07, 6.45) is 5.02. The van der Waals surface area contributed by atoms with Gasteiger partial charge >= 0.3 is 0 Å². The van der Waals surface area contributed by atoms with E-state index in [0.717, 1.165) is 40.4 Å². The Kier molecular flexibility index (Phi) is 4.13. The number of nitrogens with zero attached hydrogens (tertiary/aromatic N) is 2. The fraction of sp³-hybridized carbons (Fsp3) is 0.316. The molecule has 0 saturated heterocycles. The number of carboxylic acids is 1.